The topological polar surface area (TPSA) is 103 Å². The molecular formula is C21H21N5O3. The number of anilines is 1. The van der Waals surface area contributed by atoms with Crippen molar-refractivity contribution < 1.29 is 9.59 Å². The van der Waals surface area contributed by atoms with Crippen molar-refractivity contribution in [1.29, 1.82) is 0 Å². The molecular weight excluding hydrogens is 370 g/mol. The van der Waals surface area contributed by atoms with Gasteiger partial charge in [-0.15, -0.1) is 0 Å². The predicted octanol–water partition coefficient (Wildman–Crippen LogP) is 1.50. The van der Waals surface area contributed by atoms with Crippen LogP contribution in [-0.2, 0) is 7.05 Å². The Bertz CT molecular complexity index is 1130. The highest BCUT2D eigenvalue weighted by Crippen LogP contribution is 2.26. The van der Waals surface area contributed by atoms with Gasteiger partial charge in [-0.2, -0.15) is 5.10 Å². The SMILES string of the molecule is Cn1cc(C(=O)N2CC[C@H](C(=O)c3cnn(-c4ccccc4)c3N)C2)ccc1=O. The molecule has 0 aliphatic carbocycles. The number of Topliss-reactive ketones (excluding diaryl/α,β-unsaturated/α-hetero) is 1. The summed E-state index contributed by atoms with van der Waals surface area (Å²) in [4.78, 5) is 38.9. The van der Waals surface area contributed by atoms with Gasteiger partial charge >= 0.3 is 0 Å². The van der Waals surface area contributed by atoms with Crippen LogP contribution in [0, 0.1) is 5.92 Å². The fourth-order valence-corrected chi connectivity index (χ4v) is 3.60. The number of aromatic nitrogens is 3. The predicted molar refractivity (Wildman–Crippen MR) is 108 cm³/mol. The van der Waals surface area contributed by atoms with Crippen LogP contribution >= 0.6 is 0 Å². The van der Waals surface area contributed by atoms with Gasteiger partial charge in [-0.3, -0.25) is 14.4 Å². The van der Waals surface area contributed by atoms with E-state index in [1.807, 2.05) is 30.3 Å². The van der Waals surface area contributed by atoms with Gasteiger partial charge in [-0.25, -0.2) is 4.68 Å². The van der Waals surface area contributed by atoms with E-state index in [1.54, 1.807) is 11.9 Å². The van der Waals surface area contributed by atoms with E-state index in [0.717, 1.165) is 5.69 Å². The summed E-state index contributed by atoms with van der Waals surface area (Å²) in [5.74, 6) is -0.337. The molecule has 29 heavy (non-hydrogen) atoms. The lowest BCUT2D eigenvalue weighted by Gasteiger charge is -2.16. The Kier molecular flexibility index (Phi) is 4.75. The molecule has 0 spiro atoms. The quantitative estimate of drug-likeness (QED) is 0.679. The number of para-hydroxylation sites is 1. The number of nitrogens with two attached hydrogens (primary N) is 1. The number of hydrogen-bond acceptors (Lipinski definition) is 5. The van der Waals surface area contributed by atoms with Crippen molar-refractivity contribution in [2.75, 3.05) is 18.8 Å². The molecule has 4 rings (SSSR count). The number of rotatable bonds is 4. The Morgan fingerprint density at radius 1 is 1.14 bits per heavy atom. The van der Waals surface area contributed by atoms with Gasteiger partial charge < -0.3 is 15.2 Å². The van der Waals surface area contributed by atoms with Gasteiger partial charge in [0.15, 0.2) is 5.78 Å². The molecule has 148 valence electrons. The summed E-state index contributed by atoms with van der Waals surface area (Å²) in [6, 6.07) is 12.2. The first-order chi connectivity index (χ1) is 14.0. The fourth-order valence-electron chi connectivity index (χ4n) is 3.60. The van der Waals surface area contributed by atoms with Crippen LogP contribution in [-0.4, -0.2) is 44.0 Å². The van der Waals surface area contributed by atoms with Gasteiger partial charge in [0.25, 0.3) is 5.91 Å². The van der Waals surface area contributed by atoms with Gasteiger partial charge in [0.2, 0.25) is 5.56 Å². The lowest BCUT2D eigenvalue weighted by molar-refractivity contribution is 0.0779. The first kappa shape index (κ1) is 18.7. The minimum absolute atomic E-state index is 0.111. The van der Waals surface area contributed by atoms with E-state index >= 15 is 0 Å². The molecule has 0 radical (unpaired) electrons. The molecule has 3 aromatic rings. The number of hydrogen-bond donors (Lipinski definition) is 1. The van der Waals surface area contributed by atoms with Crippen molar-refractivity contribution in [1.82, 2.24) is 19.2 Å². The monoisotopic (exact) mass is 391 g/mol. The maximum absolute atomic E-state index is 13.0. The number of nitrogen functional groups attached to an aromatic ring is 1. The molecule has 8 heteroatoms. The molecule has 2 aromatic heterocycles. The van der Waals surface area contributed by atoms with Crippen LogP contribution in [0.25, 0.3) is 5.69 Å². The highest BCUT2D eigenvalue weighted by molar-refractivity contribution is 6.03. The molecule has 1 atom stereocenters. The van der Waals surface area contributed by atoms with E-state index in [1.165, 1.54) is 33.8 Å². The van der Waals surface area contributed by atoms with Gasteiger partial charge in [0.1, 0.15) is 5.82 Å². The average Bonchev–Trinajstić information content (AvgIpc) is 3.37. The van der Waals surface area contributed by atoms with Gasteiger partial charge in [-0.05, 0) is 24.6 Å². The number of aryl methyl sites for hydroxylation is 1. The number of nitrogens with zero attached hydrogens (tertiary/aromatic N) is 4. The summed E-state index contributed by atoms with van der Waals surface area (Å²) < 4.78 is 2.90. The van der Waals surface area contributed by atoms with Crippen molar-refractivity contribution in [3.63, 3.8) is 0 Å². The summed E-state index contributed by atoms with van der Waals surface area (Å²) in [6.45, 7) is 0.793. The number of ketones is 1. The zero-order valence-electron chi connectivity index (χ0n) is 16.0. The van der Waals surface area contributed by atoms with Gasteiger partial charge in [-0.1, -0.05) is 18.2 Å². The summed E-state index contributed by atoms with van der Waals surface area (Å²) >= 11 is 0. The Labute approximate surface area is 167 Å². The number of benzene rings is 1. The van der Waals surface area contributed by atoms with Crippen molar-refractivity contribution in [3.05, 3.63) is 76.3 Å². The van der Waals surface area contributed by atoms with Crippen molar-refractivity contribution in [3.8, 4) is 5.69 Å². The maximum atomic E-state index is 13.0. The molecule has 1 saturated heterocycles. The number of amides is 1. The third kappa shape index (κ3) is 3.44. The zero-order valence-corrected chi connectivity index (χ0v) is 16.0. The minimum Gasteiger partial charge on any atom is -0.383 e. The second kappa shape index (κ2) is 7.38. The van der Waals surface area contributed by atoms with E-state index in [0.29, 0.717) is 36.5 Å². The summed E-state index contributed by atoms with van der Waals surface area (Å²) in [7, 11) is 1.60. The molecule has 3 heterocycles. The third-order valence-corrected chi connectivity index (χ3v) is 5.25. The standard InChI is InChI=1S/C21H21N5O3/c1-24-12-15(7-8-18(24)27)21(29)25-10-9-14(13-25)19(28)17-11-23-26(20(17)22)16-5-3-2-4-6-16/h2-8,11-12,14H,9-10,13,22H2,1H3/t14-/m0/s1. The molecule has 1 aromatic carbocycles. The van der Waals surface area contributed by atoms with E-state index in [-0.39, 0.29) is 23.2 Å². The lowest BCUT2D eigenvalue weighted by Crippen LogP contribution is -2.31. The Morgan fingerprint density at radius 3 is 2.62 bits per heavy atom. The Hall–Kier alpha value is -3.68. The highest BCUT2D eigenvalue weighted by Gasteiger charge is 2.33. The lowest BCUT2D eigenvalue weighted by atomic mass is 9.98. The summed E-state index contributed by atoms with van der Waals surface area (Å²) in [6.07, 6.45) is 3.57. The van der Waals surface area contributed by atoms with Crippen LogP contribution in [0.15, 0.2) is 59.7 Å². The average molecular weight is 391 g/mol. The molecule has 2 N–H and O–H groups in total. The Morgan fingerprint density at radius 2 is 1.90 bits per heavy atom. The maximum Gasteiger partial charge on any atom is 0.255 e. The summed E-state index contributed by atoms with van der Waals surface area (Å²) in [5.41, 5.74) is 7.59. The van der Waals surface area contributed by atoms with E-state index in [9.17, 15) is 14.4 Å². The molecule has 1 amide bonds. The Balaban J connectivity index is 1.50. The first-order valence-corrected chi connectivity index (χ1v) is 9.35. The van der Waals surface area contributed by atoms with E-state index in [4.69, 9.17) is 5.73 Å². The van der Waals surface area contributed by atoms with Crippen LogP contribution in [0.4, 0.5) is 5.82 Å². The molecule has 0 bridgehead atoms. The van der Waals surface area contributed by atoms with Crippen LogP contribution in [0.5, 0.6) is 0 Å². The number of carbonyl (C=O) groups is 2. The van der Waals surface area contributed by atoms with Crippen molar-refractivity contribution >= 4 is 17.5 Å². The summed E-state index contributed by atoms with van der Waals surface area (Å²) in [5, 5.41) is 4.26. The number of pyridine rings is 1. The highest BCUT2D eigenvalue weighted by atomic mass is 16.2. The van der Waals surface area contributed by atoms with E-state index < -0.39 is 0 Å². The zero-order chi connectivity index (χ0) is 20.5. The second-order valence-corrected chi connectivity index (χ2v) is 7.16. The van der Waals surface area contributed by atoms with E-state index in [2.05, 4.69) is 5.10 Å². The molecule has 8 nitrogen and oxygen atoms in total. The molecule has 0 saturated carbocycles. The van der Waals surface area contributed by atoms with Crippen molar-refractivity contribution in [2.24, 2.45) is 13.0 Å². The van der Waals surface area contributed by atoms with Gasteiger partial charge in [0.05, 0.1) is 23.0 Å². The van der Waals surface area contributed by atoms with Crippen molar-refractivity contribution in [2.45, 2.75) is 6.42 Å². The second-order valence-electron chi connectivity index (χ2n) is 7.16. The number of carbonyl (C=O) groups excluding carboxylic acids is 2. The van der Waals surface area contributed by atoms with Crippen LogP contribution in [0.2, 0.25) is 0 Å². The first-order valence-electron chi connectivity index (χ1n) is 9.35. The molecule has 1 aliphatic heterocycles. The van der Waals surface area contributed by atoms with Crippen LogP contribution in [0.1, 0.15) is 27.1 Å². The molecule has 1 aliphatic rings. The normalized spacial score (nSPS) is 16.2. The smallest absolute Gasteiger partial charge is 0.255 e. The van der Waals surface area contributed by atoms with Crippen LogP contribution < -0.4 is 11.3 Å². The largest absolute Gasteiger partial charge is 0.383 e. The number of likely N-dealkylation sites (tertiary alicyclic amines) is 1. The minimum atomic E-state index is -0.331. The fraction of sp³-hybridized carbons (Fsp3) is 0.238. The molecule has 0 unspecified atom stereocenters. The third-order valence-electron chi connectivity index (χ3n) is 5.25. The molecule has 1 fully saturated rings. The van der Waals surface area contributed by atoms with Gasteiger partial charge in [0, 0.05) is 38.3 Å². The van der Waals surface area contributed by atoms with Crippen LogP contribution in [0.3, 0.4) is 0 Å².